The van der Waals surface area contributed by atoms with Crippen LogP contribution in [0.2, 0.25) is 0 Å². The second-order valence-electron chi connectivity index (χ2n) is 7.85. The number of hydrogen-bond acceptors (Lipinski definition) is 5. The Hall–Kier alpha value is -3.06. The molecule has 30 heavy (non-hydrogen) atoms. The number of carbonyl (C=O) groups excluding carboxylic acids is 1. The molecule has 1 N–H and O–H groups in total. The molecule has 0 spiro atoms. The summed E-state index contributed by atoms with van der Waals surface area (Å²) in [5.41, 5.74) is 3.74. The van der Waals surface area contributed by atoms with Gasteiger partial charge in [-0.3, -0.25) is 9.69 Å². The first-order chi connectivity index (χ1) is 14.5. The molecule has 1 fully saturated rings. The van der Waals surface area contributed by atoms with Gasteiger partial charge in [-0.15, -0.1) is 0 Å². The number of amides is 1. The minimum absolute atomic E-state index is 0.0506. The summed E-state index contributed by atoms with van der Waals surface area (Å²) < 4.78 is 18.5. The van der Waals surface area contributed by atoms with E-state index in [0.29, 0.717) is 30.4 Å². The SMILES string of the molecule is Cc1cccc(C)c1NC(=O)C1CCCN(Cc2nc(-c3ccc(F)cc3)no2)C1. The van der Waals surface area contributed by atoms with E-state index in [4.69, 9.17) is 4.52 Å². The Kier molecular flexibility index (Phi) is 5.90. The average molecular weight is 408 g/mol. The van der Waals surface area contributed by atoms with Crippen LogP contribution >= 0.6 is 0 Å². The van der Waals surface area contributed by atoms with Crippen molar-refractivity contribution in [2.24, 2.45) is 5.92 Å². The van der Waals surface area contributed by atoms with Gasteiger partial charge in [0.15, 0.2) is 0 Å². The number of likely N-dealkylation sites (tertiary alicyclic amines) is 1. The Morgan fingerprint density at radius 2 is 1.93 bits per heavy atom. The highest BCUT2D eigenvalue weighted by molar-refractivity contribution is 5.94. The lowest BCUT2D eigenvalue weighted by atomic mass is 9.96. The summed E-state index contributed by atoms with van der Waals surface area (Å²) in [6.45, 7) is 6.02. The van der Waals surface area contributed by atoms with E-state index in [-0.39, 0.29) is 17.6 Å². The molecule has 6 nitrogen and oxygen atoms in total. The van der Waals surface area contributed by atoms with Crippen molar-refractivity contribution in [1.82, 2.24) is 15.0 Å². The molecule has 1 aliphatic heterocycles. The molecule has 3 aromatic rings. The van der Waals surface area contributed by atoms with Crippen LogP contribution in [0.5, 0.6) is 0 Å². The minimum atomic E-state index is -0.305. The molecular weight excluding hydrogens is 383 g/mol. The van der Waals surface area contributed by atoms with Crippen LogP contribution in [0.25, 0.3) is 11.4 Å². The highest BCUT2D eigenvalue weighted by atomic mass is 19.1. The molecule has 1 aromatic heterocycles. The number of nitrogens with one attached hydrogen (secondary N) is 1. The number of anilines is 1. The topological polar surface area (TPSA) is 71.3 Å². The van der Waals surface area contributed by atoms with Crippen molar-refractivity contribution < 1.29 is 13.7 Å². The van der Waals surface area contributed by atoms with Gasteiger partial charge in [-0.1, -0.05) is 23.4 Å². The molecular formula is C23H25FN4O2. The number of piperidine rings is 1. The van der Waals surface area contributed by atoms with Crippen LogP contribution in [0.1, 0.15) is 29.9 Å². The highest BCUT2D eigenvalue weighted by Gasteiger charge is 2.27. The maximum absolute atomic E-state index is 13.1. The molecule has 2 heterocycles. The van der Waals surface area contributed by atoms with E-state index in [1.165, 1.54) is 12.1 Å². The summed E-state index contributed by atoms with van der Waals surface area (Å²) in [6.07, 6.45) is 1.79. The molecule has 7 heteroatoms. The van der Waals surface area contributed by atoms with Gasteiger partial charge in [0.05, 0.1) is 12.5 Å². The fourth-order valence-corrected chi connectivity index (χ4v) is 3.88. The van der Waals surface area contributed by atoms with Crippen LogP contribution in [0.15, 0.2) is 47.0 Å². The quantitative estimate of drug-likeness (QED) is 0.680. The molecule has 1 aliphatic rings. The van der Waals surface area contributed by atoms with Crippen LogP contribution in [-0.4, -0.2) is 34.0 Å². The number of benzene rings is 2. The number of aromatic nitrogens is 2. The van der Waals surface area contributed by atoms with Crippen LogP contribution < -0.4 is 5.32 Å². The van der Waals surface area contributed by atoms with Crippen LogP contribution in [0.4, 0.5) is 10.1 Å². The van der Waals surface area contributed by atoms with Crippen molar-refractivity contribution in [3.8, 4) is 11.4 Å². The van der Waals surface area contributed by atoms with Crippen LogP contribution in [-0.2, 0) is 11.3 Å². The summed E-state index contributed by atoms with van der Waals surface area (Å²) in [6, 6.07) is 12.0. The van der Waals surface area contributed by atoms with E-state index in [9.17, 15) is 9.18 Å². The Balaban J connectivity index is 1.38. The Bertz CT molecular complexity index is 1010. The molecule has 0 bridgehead atoms. The number of para-hydroxylation sites is 1. The summed E-state index contributed by atoms with van der Waals surface area (Å²) in [5.74, 6) is 0.587. The second kappa shape index (κ2) is 8.75. The molecule has 4 rings (SSSR count). The lowest BCUT2D eigenvalue weighted by Gasteiger charge is -2.31. The van der Waals surface area contributed by atoms with Gasteiger partial charge < -0.3 is 9.84 Å². The zero-order chi connectivity index (χ0) is 21.1. The molecule has 156 valence electrons. The summed E-state index contributed by atoms with van der Waals surface area (Å²) in [4.78, 5) is 19.5. The first-order valence-electron chi connectivity index (χ1n) is 10.2. The van der Waals surface area contributed by atoms with E-state index in [2.05, 4.69) is 20.4 Å². The average Bonchev–Trinajstić information content (AvgIpc) is 3.20. The number of halogens is 1. The molecule has 1 atom stereocenters. The monoisotopic (exact) mass is 408 g/mol. The van der Waals surface area contributed by atoms with Crippen molar-refractivity contribution in [3.63, 3.8) is 0 Å². The third-order valence-electron chi connectivity index (χ3n) is 5.54. The lowest BCUT2D eigenvalue weighted by molar-refractivity contribution is -0.121. The predicted molar refractivity (Wildman–Crippen MR) is 112 cm³/mol. The number of carbonyl (C=O) groups is 1. The van der Waals surface area contributed by atoms with Gasteiger partial charge in [0.2, 0.25) is 17.6 Å². The van der Waals surface area contributed by atoms with Crippen molar-refractivity contribution in [2.75, 3.05) is 18.4 Å². The Morgan fingerprint density at radius 1 is 1.20 bits per heavy atom. The predicted octanol–water partition coefficient (Wildman–Crippen LogP) is 4.34. The molecule has 0 radical (unpaired) electrons. The van der Waals surface area contributed by atoms with E-state index in [1.807, 2.05) is 32.0 Å². The zero-order valence-electron chi connectivity index (χ0n) is 17.2. The fraction of sp³-hybridized carbons (Fsp3) is 0.348. The highest BCUT2D eigenvalue weighted by Crippen LogP contribution is 2.24. The fourth-order valence-electron chi connectivity index (χ4n) is 3.88. The number of aryl methyl sites for hydroxylation is 2. The molecule has 1 unspecified atom stereocenters. The van der Waals surface area contributed by atoms with Gasteiger partial charge in [-0.2, -0.15) is 4.98 Å². The first kappa shape index (κ1) is 20.2. The summed E-state index contributed by atoms with van der Waals surface area (Å²) >= 11 is 0. The number of hydrogen-bond donors (Lipinski definition) is 1. The van der Waals surface area contributed by atoms with Gasteiger partial charge >= 0.3 is 0 Å². The lowest BCUT2D eigenvalue weighted by Crippen LogP contribution is -2.40. The summed E-state index contributed by atoms with van der Waals surface area (Å²) in [5, 5.41) is 7.11. The van der Waals surface area contributed by atoms with Crippen molar-refractivity contribution >= 4 is 11.6 Å². The summed E-state index contributed by atoms with van der Waals surface area (Å²) in [7, 11) is 0. The maximum Gasteiger partial charge on any atom is 0.241 e. The van der Waals surface area contributed by atoms with Crippen LogP contribution in [0, 0.1) is 25.6 Å². The van der Waals surface area contributed by atoms with Gasteiger partial charge in [-0.25, -0.2) is 4.39 Å². The van der Waals surface area contributed by atoms with E-state index in [0.717, 1.165) is 36.2 Å². The van der Waals surface area contributed by atoms with E-state index >= 15 is 0 Å². The van der Waals surface area contributed by atoms with Gasteiger partial charge in [-0.05, 0) is 68.6 Å². The second-order valence-corrected chi connectivity index (χ2v) is 7.85. The van der Waals surface area contributed by atoms with Crippen molar-refractivity contribution in [3.05, 3.63) is 65.3 Å². The molecule has 2 aromatic carbocycles. The number of nitrogens with zero attached hydrogens (tertiary/aromatic N) is 3. The molecule has 1 saturated heterocycles. The van der Waals surface area contributed by atoms with E-state index in [1.54, 1.807) is 12.1 Å². The zero-order valence-corrected chi connectivity index (χ0v) is 17.2. The van der Waals surface area contributed by atoms with Crippen molar-refractivity contribution in [1.29, 1.82) is 0 Å². The third kappa shape index (κ3) is 4.57. The molecule has 0 aliphatic carbocycles. The number of rotatable bonds is 5. The minimum Gasteiger partial charge on any atom is -0.338 e. The maximum atomic E-state index is 13.1. The van der Waals surface area contributed by atoms with Crippen LogP contribution in [0.3, 0.4) is 0 Å². The van der Waals surface area contributed by atoms with Gasteiger partial charge in [0.25, 0.3) is 0 Å². The molecule has 1 amide bonds. The standard InChI is InChI=1S/C23H25FN4O2/c1-15-5-3-6-16(2)21(15)26-23(29)18-7-4-12-28(13-18)14-20-25-22(27-30-20)17-8-10-19(24)11-9-17/h3,5-6,8-11,18H,4,7,12-14H2,1-2H3,(H,26,29). The van der Waals surface area contributed by atoms with Gasteiger partial charge in [0.1, 0.15) is 5.82 Å². The first-order valence-corrected chi connectivity index (χ1v) is 10.2. The molecule has 0 saturated carbocycles. The normalized spacial score (nSPS) is 17.1. The van der Waals surface area contributed by atoms with E-state index < -0.39 is 0 Å². The van der Waals surface area contributed by atoms with Gasteiger partial charge in [0, 0.05) is 17.8 Å². The smallest absolute Gasteiger partial charge is 0.241 e. The largest absolute Gasteiger partial charge is 0.338 e. The van der Waals surface area contributed by atoms with Crippen molar-refractivity contribution in [2.45, 2.75) is 33.2 Å². The Morgan fingerprint density at radius 3 is 2.67 bits per heavy atom. The Labute approximate surface area is 175 Å². The third-order valence-corrected chi connectivity index (χ3v) is 5.54.